The van der Waals surface area contributed by atoms with Crippen LogP contribution in [0.2, 0.25) is 0 Å². The summed E-state index contributed by atoms with van der Waals surface area (Å²) in [4.78, 5) is 14.2. The van der Waals surface area contributed by atoms with Crippen molar-refractivity contribution in [2.75, 3.05) is 5.32 Å². The monoisotopic (exact) mass is 401 g/mol. The molecule has 2 aromatic heterocycles. The first-order chi connectivity index (χ1) is 12.5. The minimum atomic E-state index is -0.396. The number of carbonyl (C=O) groups excluding carboxylic acids is 1. The van der Waals surface area contributed by atoms with Crippen molar-refractivity contribution >= 4 is 45.5 Å². The molecule has 0 bridgehead atoms. The van der Waals surface area contributed by atoms with Crippen molar-refractivity contribution in [1.82, 2.24) is 10.2 Å². The summed E-state index contributed by atoms with van der Waals surface area (Å²) in [6.07, 6.45) is 1.78. The van der Waals surface area contributed by atoms with Crippen molar-refractivity contribution in [3.05, 3.63) is 57.3 Å². The van der Waals surface area contributed by atoms with Crippen LogP contribution in [0.1, 0.15) is 34.4 Å². The number of aromatic nitrogens is 2. The summed E-state index contributed by atoms with van der Waals surface area (Å²) in [7, 11) is 0. The smallest absolute Gasteiger partial charge is 0.236 e. The summed E-state index contributed by atoms with van der Waals surface area (Å²) in [5.41, 5.74) is 3.11. The quantitative estimate of drug-likeness (QED) is 0.457. The van der Waals surface area contributed by atoms with Gasteiger partial charge in [-0.25, -0.2) is 0 Å². The highest BCUT2D eigenvalue weighted by Crippen LogP contribution is 2.49. The molecule has 0 unspecified atom stereocenters. The van der Waals surface area contributed by atoms with Gasteiger partial charge in [0.15, 0.2) is 4.34 Å². The van der Waals surface area contributed by atoms with Crippen LogP contribution in [-0.2, 0) is 16.0 Å². The predicted molar refractivity (Wildman–Crippen MR) is 109 cm³/mol. The molecule has 4 nitrogen and oxygen atoms in total. The Kier molecular flexibility index (Phi) is 4.86. The van der Waals surface area contributed by atoms with Gasteiger partial charge in [0, 0.05) is 10.6 Å². The SMILES string of the molecule is Cc1cc(C)cc(C2(C(=O)Nc3nnc(SCc4cccs4)s3)CC2)c1. The Labute approximate surface area is 165 Å². The van der Waals surface area contributed by atoms with Gasteiger partial charge in [0.2, 0.25) is 11.0 Å². The first-order valence-corrected chi connectivity index (χ1v) is 11.1. The number of rotatable bonds is 6. The first-order valence-electron chi connectivity index (χ1n) is 8.44. The van der Waals surface area contributed by atoms with Gasteiger partial charge < -0.3 is 0 Å². The highest BCUT2D eigenvalue weighted by atomic mass is 32.2. The Morgan fingerprint density at radius 3 is 2.65 bits per heavy atom. The molecule has 1 fully saturated rings. The van der Waals surface area contributed by atoms with Gasteiger partial charge in [0.1, 0.15) is 0 Å². The van der Waals surface area contributed by atoms with Gasteiger partial charge in [0.05, 0.1) is 5.41 Å². The lowest BCUT2D eigenvalue weighted by atomic mass is 9.92. The molecule has 1 saturated carbocycles. The van der Waals surface area contributed by atoms with Gasteiger partial charge in [0.25, 0.3) is 0 Å². The van der Waals surface area contributed by atoms with Gasteiger partial charge >= 0.3 is 0 Å². The van der Waals surface area contributed by atoms with E-state index in [0.717, 1.165) is 28.5 Å². The maximum atomic E-state index is 12.9. The van der Waals surface area contributed by atoms with E-state index in [2.05, 4.69) is 65.1 Å². The van der Waals surface area contributed by atoms with Crippen molar-refractivity contribution in [1.29, 1.82) is 0 Å². The van der Waals surface area contributed by atoms with Gasteiger partial charge in [-0.2, -0.15) is 0 Å². The molecule has 1 aliphatic carbocycles. The second-order valence-corrected chi connectivity index (χ2v) is 9.89. The van der Waals surface area contributed by atoms with Crippen molar-refractivity contribution in [2.45, 2.75) is 42.2 Å². The average Bonchev–Trinajstić information content (AvgIpc) is 3.03. The molecule has 0 saturated heterocycles. The van der Waals surface area contributed by atoms with Crippen molar-refractivity contribution in [3.63, 3.8) is 0 Å². The van der Waals surface area contributed by atoms with E-state index in [-0.39, 0.29) is 5.91 Å². The average molecular weight is 402 g/mol. The molecule has 134 valence electrons. The molecule has 0 radical (unpaired) electrons. The van der Waals surface area contributed by atoms with Crippen LogP contribution in [0.25, 0.3) is 0 Å². The van der Waals surface area contributed by atoms with Crippen LogP contribution in [0.4, 0.5) is 5.13 Å². The van der Waals surface area contributed by atoms with Crippen LogP contribution in [0.5, 0.6) is 0 Å². The molecule has 1 amide bonds. The van der Waals surface area contributed by atoms with Crippen LogP contribution in [0, 0.1) is 13.8 Å². The Balaban J connectivity index is 1.43. The lowest BCUT2D eigenvalue weighted by molar-refractivity contribution is -0.118. The van der Waals surface area contributed by atoms with Gasteiger partial charge in [-0.3, -0.25) is 10.1 Å². The fourth-order valence-electron chi connectivity index (χ4n) is 3.09. The van der Waals surface area contributed by atoms with Crippen molar-refractivity contribution in [2.24, 2.45) is 0 Å². The van der Waals surface area contributed by atoms with Crippen LogP contribution < -0.4 is 5.32 Å². The normalized spacial score (nSPS) is 15.0. The number of anilines is 1. The van der Waals surface area contributed by atoms with Gasteiger partial charge in [-0.1, -0.05) is 58.5 Å². The summed E-state index contributed by atoms with van der Waals surface area (Å²) in [6, 6.07) is 10.6. The zero-order valence-corrected chi connectivity index (χ0v) is 17.1. The molecular weight excluding hydrogens is 382 g/mol. The third-order valence-electron chi connectivity index (χ3n) is 4.50. The Hall–Kier alpha value is -1.70. The van der Waals surface area contributed by atoms with E-state index in [1.54, 1.807) is 23.1 Å². The number of aryl methyl sites for hydroxylation is 2. The summed E-state index contributed by atoms with van der Waals surface area (Å²) in [5, 5.41) is 14.0. The van der Waals surface area contributed by atoms with E-state index < -0.39 is 5.41 Å². The second kappa shape index (κ2) is 7.13. The van der Waals surface area contributed by atoms with Crippen LogP contribution in [0.15, 0.2) is 40.1 Å². The van der Waals surface area contributed by atoms with E-state index >= 15 is 0 Å². The highest BCUT2D eigenvalue weighted by Gasteiger charge is 2.51. The molecule has 7 heteroatoms. The first kappa shape index (κ1) is 17.7. The Morgan fingerprint density at radius 1 is 1.23 bits per heavy atom. The molecule has 1 aliphatic rings. The van der Waals surface area contributed by atoms with E-state index in [0.29, 0.717) is 5.13 Å². The van der Waals surface area contributed by atoms with Crippen molar-refractivity contribution in [3.8, 4) is 0 Å². The van der Waals surface area contributed by atoms with E-state index in [4.69, 9.17) is 0 Å². The van der Waals surface area contributed by atoms with Gasteiger partial charge in [-0.05, 0) is 43.7 Å². The number of thiophene rings is 1. The molecule has 4 rings (SSSR count). The standard InChI is InChI=1S/C19H19N3OS3/c1-12-8-13(2)10-14(9-12)19(5-6-19)16(23)20-17-21-22-18(26-17)25-11-15-4-3-7-24-15/h3-4,7-10H,5-6,11H2,1-2H3,(H,20,21,23). The lowest BCUT2D eigenvalue weighted by Crippen LogP contribution is -2.28. The number of hydrogen-bond donors (Lipinski definition) is 1. The molecule has 3 aromatic rings. The number of amides is 1. The van der Waals surface area contributed by atoms with Crippen LogP contribution >= 0.6 is 34.4 Å². The summed E-state index contributed by atoms with van der Waals surface area (Å²) in [5.74, 6) is 0.917. The zero-order valence-electron chi connectivity index (χ0n) is 14.6. The second-order valence-electron chi connectivity index (χ2n) is 6.65. The van der Waals surface area contributed by atoms with E-state index in [1.165, 1.54) is 27.3 Å². The van der Waals surface area contributed by atoms with Crippen LogP contribution in [0.3, 0.4) is 0 Å². The van der Waals surface area contributed by atoms with E-state index in [9.17, 15) is 4.79 Å². The maximum absolute atomic E-state index is 12.9. The van der Waals surface area contributed by atoms with Crippen LogP contribution in [-0.4, -0.2) is 16.1 Å². The number of benzene rings is 1. The predicted octanol–water partition coefficient (Wildman–Crippen LogP) is 5.18. The van der Waals surface area contributed by atoms with Gasteiger partial charge in [-0.15, -0.1) is 21.5 Å². The number of thioether (sulfide) groups is 1. The molecule has 1 N–H and O–H groups in total. The largest absolute Gasteiger partial charge is 0.300 e. The Morgan fingerprint density at radius 2 is 2.00 bits per heavy atom. The number of nitrogens with zero attached hydrogens (tertiary/aromatic N) is 2. The summed E-state index contributed by atoms with van der Waals surface area (Å²) >= 11 is 4.83. The molecule has 0 spiro atoms. The lowest BCUT2D eigenvalue weighted by Gasteiger charge is -2.16. The molecular formula is C19H19N3OS3. The minimum absolute atomic E-state index is 0.0356. The maximum Gasteiger partial charge on any atom is 0.236 e. The third-order valence-corrected chi connectivity index (χ3v) is 7.58. The number of nitrogens with one attached hydrogen (secondary N) is 1. The molecule has 0 aliphatic heterocycles. The molecule has 1 aromatic carbocycles. The molecule has 0 atom stereocenters. The summed E-state index contributed by atoms with van der Waals surface area (Å²) in [6.45, 7) is 4.15. The highest BCUT2D eigenvalue weighted by molar-refractivity contribution is 8.00. The molecule has 26 heavy (non-hydrogen) atoms. The fraction of sp³-hybridized carbons (Fsp3) is 0.316. The fourth-order valence-corrected chi connectivity index (χ4v) is 5.61. The number of hydrogen-bond acceptors (Lipinski definition) is 6. The minimum Gasteiger partial charge on any atom is -0.300 e. The topological polar surface area (TPSA) is 54.9 Å². The molecule has 2 heterocycles. The van der Waals surface area contributed by atoms with Crippen molar-refractivity contribution < 1.29 is 4.79 Å². The third kappa shape index (κ3) is 3.70. The number of carbonyl (C=O) groups is 1. The van der Waals surface area contributed by atoms with E-state index in [1.807, 2.05) is 0 Å². The summed E-state index contributed by atoms with van der Waals surface area (Å²) < 4.78 is 0.880. The Bertz CT molecular complexity index is 909. The zero-order chi connectivity index (χ0) is 18.1.